The highest BCUT2D eigenvalue weighted by Gasteiger charge is 2.29. The fraction of sp³-hybridized carbons (Fsp3) is 0.765. The van der Waals surface area contributed by atoms with Crippen LogP contribution in [0, 0.1) is 0 Å². The third-order valence-corrected chi connectivity index (χ3v) is 6.01. The highest BCUT2D eigenvalue weighted by molar-refractivity contribution is 7.09. The average Bonchev–Trinajstić information content (AvgIpc) is 3.00. The number of carbonyl (C=O) groups excluding carboxylic acids is 1. The molecule has 0 saturated carbocycles. The Hall–Kier alpha value is -1.14. The summed E-state index contributed by atoms with van der Waals surface area (Å²) in [6.07, 6.45) is 7.54. The summed E-state index contributed by atoms with van der Waals surface area (Å²) in [5, 5.41) is 3.38. The lowest BCUT2D eigenvalue weighted by Gasteiger charge is -2.36. The van der Waals surface area contributed by atoms with Crippen LogP contribution in [0.15, 0.2) is 11.6 Å². The van der Waals surface area contributed by atoms with Crippen molar-refractivity contribution < 1.29 is 9.53 Å². The molecule has 128 valence electrons. The summed E-state index contributed by atoms with van der Waals surface area (Å²) < 4.78 is 5.14. The van der Waals surface area contributed by atoms with Gasteiger partial charge in [-0.1, -0.05) is 0 Å². The molecule has 2 aliphatic rings. The maximum absolute atomic E-state index is 11.9. The van der Waals surface area contributed by atoms with E-state index in [1.54, 1.807) is 11.3 Å². The van der Waals surface area contributed by atoms with Crippen molar-refractivity contribution in [2.24, 2.45) is 0 Å². The number of amides is 1. The molecule has 1 amide bonds. The molecule has 6 heteroatoms. The minimum absolute atomic E-state index is 0.143. The van der Waals surface area contributed by atoms with E-state index in [4.69, 9.17) is 4.74 Å². The highest BCUT2D eigenvalue weighted by atomic mass is 32.1. The monoisotopic (exact) mass is 337 g/mol. The maximum Gasteiger partial charge on any atom is 0.409 e. The number of hydrogen-bond acceptors (Lipinski definition) is 5. The van der Waals surface area contributed by atoms with Crippen molar-refractivity contribution in [1.82, 2.24) is 14.8 Å². The van der Waals surface area contributed by atoms with Gasteiger partial charge in [0, 0.05) is 36.6 Å². The second kappa shape index (κ2) is 8.11. The van der Waals surface area contributed by atoms with Gasteiger partial charge in [-0.3, -0.25) is 0 Å². The Kier molecular flexibility index (Phi) is 5.89. The first-order valence-electron chi connectivity index (χ1n) is 8.83. The fourth-order valence-corrected chi connectivity index (χ4v) is 4.60. The predicted octanol–water partition coefficient (Wildman–Crippen LogP) is 3.33. The molecule has 1 unspecified atom stereocenters. The molecule has 23 heavy (non-hydrogen) atoms. The lowest BCUT2D eigenvalue weighted by Crippen LogP contribution is -2.41. The number of hydrogen-bond donors (Lipinski definition) is 0. The van der Waals surface area contributed by atoms with Crippen molar-refractivity contribution in [2.45, 2.75) is 51.0 Å². The van der Waals surface area contributed by atoms with Gasteiger partial charge in [-0.25, -0.2) is 9.78 Å². The van der Waals surface area contributed by atoms with Crippen LogP contribution in [-0.2, 0) is 4.74 Å². The van der Waals surface area contributed by atoms with Gasteiger partial charge in [0.05, 0.1) is 11.6 Å². The Morgan fingerprint density at radius 2 is 2.09 bits per heavy atom. The van der Waals surface area contributed by atoms with Gasteiger partial charge < -0.3 is 14.5 Å². The standard InChI is InChI=1S/C17H27N3O2S/c1-2-22-17(21)20-9-3-4-15(7-12-20)19-10-5-14(6-11-19)16-18-8-13-23-16/h8,13-15H,2-7,9-12H2,1H3. The van der Waals surface area contributed by atoms with Gasteiger partial charge in [-0.2, -0.15) is 0 Å². The number of carbonyl (C=O) groups is 1. The molecule has 1 atom stereocenters. The molecule has 0 spiro atoms. The molecule has 0 bridgehead atoms. The van der Waals surface area contributed by atoms with E-state index in [0.29, 0.717) is 18.6 Å². The molecule has 0 N–H and O–H groups in total. The summed E-state index contributed by atoms with van der Waals surface area (Å²) in [7, 11) is 0. The summed E-state index contributed by atoms with van der Waals surface area (Å²) in [6, 6.07) is 0.617. The summed E-state index contributed by atoms with van der Waals surface area (Å²) in [6.45, 7) is 6.32. The average molecular weight is 337 g/mol. The first-order valence-corrected chi connectivity index (χ1v) is 9.71. The zero-order valence-corrected chi connectivity index (χ0v) is 14.8. The third kappa shape index (κ3) is 4.23. The molecule has 2 fully saturated rings. The molecule has 2 saturated heterocycles. The van der Waals surface area contributed by atoms with E-state index in [1.807, 2.05) is 18.0 Å². The van der Waals surface area contributed by atoms with Crippen molar-refractivity contribution >= 4 is 17.4 Å². The molecular formula is C17H27N3O2S. The minimum Gasteiger partial charge on any atom is -0.450 e. The second-order valence-electron chi connectivity index (χ2n) is 6.45. The molecule has 0 aliphatic carbocycles. The zero-order valence-electron chi connectivity index (χ0n) is 13.9. The maximum atomic E-state index is 11.9. The Morgan fingerprint density at radius 1 is 1.26 bits per heavy atom. The quantitative estimate of drug-likeness (QED) is 0.849. The molecule has 1 aromatic heterocycles. The van der Waals surface area contributed by atoms with Crippen molar-refractivity contribution in [3.8, 4) is 0 Å². The number of piperidine rings is 1. The van der Waals surface area contributed by atoms with E-state index < -0.39 is 0 Å². The van der Waals surface area contributed by atoms with E-state index in [2.05, 4.69) is 15.3 Å². The van der Waals surface area contributed by atoms with Crippen LogP contribution in [0.2, 0.25) is 0 Å². The Bertz CT molecular complexity index is 486. The summed E-state index contributed by atoms with van der Waals surface area (Å²) >= 11 is 1.79. The van der Waals surface area contributed by atoms with Crippen LogP contribution in [0.3, 0.4) is 0 Å². The first kappa shape index (κ1) is 16.7. The lowest BCUT2D eigenvalue weighted by molar-refractivity contribution is 0.105. The summed E-state index contributed by atoms with van der Waals surface area (Å²) in [4.78, 5) is 20.9. The second-order valence-corrected chi connectivity index (χ2v) is 7.38. The number of thiazole rings is 1. The SMILES string of the molecule is CCOC(=O)N1CCCC(N2CCC(c3nccs3)CC2)CC1. The number of rotatable bonds is 3. The Labute approximate surface area is 142 Å². The number of aromatic nitrogens is 1. The molecule has 0 radical (unpaired) electrons. The van der Waals surface area contributed by atoms with Gasteiger partial charge in [0.2, 0.25) is 0 Å². The Balaban J connectivity index is 1.48. The van der Waals surface area contributed by atoms with Gasteiger partial charge in [0.15, 0.2) is 0 Å². The van der Waals surface area contributed by atoms with Crippen LogP contribution in [-0.4, -0.2) is 59.7 Å². The van der Waals surface area contributed by atoms with Crippen LogP contribution in [0.25, 0.3) is 0 Å². The van der Waals surface area contributed by atoms with Gasteiger partial charge in [-0.15, -0.1) is 11.3 Å². The van der Waals surface area contributed by atoms with E-state index >= 15 is 0 Å². The largest absolute Gasteiger partial charge is 0.450 e. The predicted molar refractivity (Wildman–Crippen MR) is 91.9 cm³/mol. The van der Waals surface area contributed by atoms with Crippen molar-refractivity contribution in [2.75, 3.05) is 32.8 Å². The lowest BCUT2D eigenvalue weighted by atomic mass is 9.95. The Morgan fingerprint density at radius 3 is 2.78 bits per heavy atom. The van der Waals surface area contributed by atoms with Gasteiger partial charge in [-0.05, 0) is 52.1 Å². The van der Waals surface area contributed by atoms with E-state index in [9.17, 15) is 4.79 Å². The molecule has 1 aromatic rings. The number of nitrogens with zero attached hydrogens (tertiary/aromatic N) is 3. The van der Waals surface area contributed by atoms with Crippen LogP contribution in [0.4, 0.5) is 4.79 Å². The first-order chi connectivity index (χ1) is 11.3. The highest BCUT2D eigenvalue weighted by Crippen LogP contribution is 2.31. The molecule has 3 heterocycles. The van der Waals surface area contributed by atoms with Gasteiger partial charge >= 0.3 is 6.09 Å². The third-order valence-electron chi connectivity index (χ3n) is 5.07. The zero-order chi connectivity index (χ0) is 16.1. The fourth-order valence-electron chi connectivity index (χ4n) is 3.79. The van der Waals surface area contributed by atoms with Crippen molar-refractivity contribution in [3.63, 3.8) is 0 Å². The molecule has 2 aliphatic heterocycles. The van der Waals surface area contributed by atoms with Gasteiger partial charge in [0.1, 0.15) is 0 Å². The van der Waals surface area contributed by atoms with E-state index in [0.717, 1.165) is 39.0 Å². The molecule has 5 nitrogen and oxygen atoms in total. The minimum atomic E-state index is -0.143. The molecule has 0 aromatic carbocycles. The van der Waals surface area contributed by atoms with E-state index in [-0.39, 0.29) is 6.09 Å². The van der Waals surface area contributed by atoms with Crippen LogP contribution >= 0.6 is 11.3 Å². The van der Waals surface area contributed by atoms with Gasteiger partial charge in [0.25, 0.3) is 0 Å². The van der Waals surface area contributed by atoms with Crippen LogP contribution in [0.1, 0.15) is 50.0 Å². The number of ether oxygens (including phenoxy) is 1. The van der Waals surface area contributed by atoms with E-state index in [1.165, 1.54) is 24.3 Å². The van der Waals surface area contributed by atoms with Crippen molar-refractivity contribution in [1.29, 1.82) is 0 Å². The summed E-state index contributed by atoms with van der Waals surface area (Å²) in [5.41, 5.74) is 0. The normalized spacial score (nSPS) is 24.4. The smallest absolute Gasteiger partial charge is 0.409 e. The molecular weight excluding hydrogens is 310 g/mol. The van der Waals surface area contributed by atoms with Crippen LogP contribution < -0.4 is 0 Å². The number of likely N-dealkylation sites (tertiary alicyclic amines) is 2. The topological polar surface area (TPSA) is 45.7 Å². The summed E-state index contributed by atoms with van der Waals surface area (Å²) in [5.74, 6) is 0.646. The van der Waals surface area contributed by atoms with Crippen molar-refractivity contribution in [3.05, 3.63) is 16.6 Å². The van der Waals surface area contributed by atoms with Crippen LogP contribution in [0.5, 0.6) is 0 Å². The molecule has 3 rings (SSSR count).